The molecule has 2 aromatic rings. The molecule has 2 saturated heterocycles. The van der Waals surface area contributed by atoms with Crippen molar-refractivity contribution in [2.24, 2.45) is 4.99 Å². The minimum absolute atomic E-state index is 0.671. The Morgan fingerprint density at radius 2 is 1.65 bits per heavy atom. The van der Waals surface area contributed by atoms with Gasteiger partial charge in [0, 0.05) is 70.8 Å². The lowest BCUT2D eigenvalue weighted by atomic mass is 10.2. The lowest BCUT2D eigenvalue weighted by Gasteiger charge is -2.37. The van der Waals surface area contributed by atoms with Crippen LogP contribution in [0.5, 0.6) is 0 Å². The number of para-hydroxylation sites is 1. The van der Waals surface area contributed by atoms with Gasteiger partial charge >= 0.3 is 0 Å². The van der Waals surface area contributed by atoms with E-state index in [0.717, 1.165) is 70.7 Å². The number of aromatic nitrogens is 1. The van der Waals surface area contributed by atoms with Gasteiger partial charge in [0.05, 0.1) is 6.54 Å². The van der Waals surface area contributed by atoms with Gasteiger partial charge < -0.3 is 24.9 Å². The van der Waals surface area contributed by atoms with Crippen LogP contribution in [0.15, 0.2) is 53.7 Å². The molecule has 0 bridgehead atoms. The maximum absolute atomic E-state index is 4.96. The fourth-order valence-electron chi connectivity index (χ4n) is 4.17. The molecule has 0 atom stereocenters. The molecule has 7 heteroatoms. The standard InChI is InChI=1S/C24H35N7/c1-3-25-24(31-17-15-29(16-18-31)22-7-5-4-6-8-22)27-20-21-9-10-26-23(19-21)30-13-11-28(2)12-14-30/h4-10,19H,3,11-18,20H2,1-2H3,(H,25,27). The third-order valence-corrected chi connectivity index (χ3v) is 6.08. The fourth-order valence-corrected chi connectivity index (χ4v) is 4.17. The van der Waals surface area contributed by atoms with Crippen molar-refractivity contribution in [2.75, 3.05) is 75.8 Å². The Bertz CT molecular complexity index is 838. The summed E-state index contributed by atoms with van der Waals surface area (Å²) in [4.78, 5) is 19.1. The zero-order valence-electron chi connectivity index (χ0n) is 18.9. The van der Waals surface area contributed by atoms with Crippen molar-refractivity contribution in [3.05, 3.63) is 54.2 Å². The molecule has 1 aromatic heterocycles. The number of pyridine rings is 1. The molecule has 0 aliphatic carbocycles. The van der Waals surface area contributed by atoms with Gasteiger partial charge in [-0.05, 0) is 43.8 Å². The van der Waals surface area contributed by atoms with Gasteiger partial charge in [-0.3, -0.25) is 0 Å². The molecule has 2 aliphatic rings. The van der Waals surface area contributed by atoms with E-state index in [-0.39, 0.29) is 0 Å². The first-order valence-electron chi connectivity index (χ1n) is 11.4. The predicted molar refractivity (Wildman–Crippen MR) is 129 cm³/mol. The number of hydrogen-bond acceptors (Lipinski definition) is 5. The average Bonchev–Trinajstić information content (AvgIpc) is 2.83. The summed E-state index contributed by atoms with van der Waals surface area (Å²) in [7, 11) is 2.18. The molecule has 1 aromatic carbocycles. The molecule has 0 saturated carbocycles. The highest BCUT2D eigenvalue weighted by atomic mass is 15.3. The Labute approximate surface area is 186 Å². The highest BCUT2D eigenvalue weighted by Crippen LogP contribution is 2.17. The van der Waals surface area contributed by atoms with Crippen molar-refractivity contribution in [2.45, 2.75) is 13.5 Å². The van der Waals surface area contributed by atoms with Crippen LogP contribution in [-0.2, 0) is 6.54 Å². The predicted octanol–water partition coefficient (Wildman–Crippen LogP) is 2.12. The van der Waals surface area contributed by atoms with E-state index in [1.165, 1.54) is 11.3 Å². The molecule has 166 valence electrons. The van der Waals surface area contributed by atoms with Crippen molar-refractivity contribution in [3.63, 3.8) is 0 Å². The highest BCUT2D eigenvalue weighted by Gasteiger charge is 2.20. The molecule has 1 N–H and O–H groups in total. The van der Waals surface area contributed by atoms with Gasteiger partial charge in [0.15, 0.2) is 5.96 Å². The van der Waals surface area contributed by atoms with Gasteiger partial charge in [0.1, 0.15) is 5.82 Å². The van der Waals surface area contributed by atoms with Crippen LogP contribution in [0.25, 0.3) is 0 Å². The first kappa shape index (κ1) is 21.4. The highest BCUT2D eigenvalue weighted by molar-refractivity contribution is 5.80. The molecule has 3 heterocycles. The maximum Gasteiger partial charge on any atom is 0.194 e. The summed E-state index contributed by atoms with van der Waals surface area (Å²) >= 11 is 0. The molecular formula is C24H35N7. The number of hydrogen-bond donors (Lipinski definition) is 1. The van der Waals surface area contributed by atoms with Crippen molar-refractivity contribution < 1.29 is 0 Å². The molecule has 0 spiro atoms. The Hall–Kier alpha value is -2.80. The molecule has 0 amide bonds. The summed E-state index contributed by atoms with van der Waals surface area (Å²) in [6.07, 6.45) is 1.92. The first-order valence-corrected chi connectivity index (χ1v) is 11.4. The quantitative estimate of drug-likeness (QED) is 0.590. The second kappa shape index (κ2) is 10.5. The topological polar surface area (TPSA) is 50.2 Å². The van der Waals surface area contributed by atoms with E-state index in [1.807, 2.05) is 6.20 Å². The van der Waals surface area contributed by atoms with Crippen LogP contribution in [0.2, 0.25) is 0 Å². The van der Waals surface area contributed by atoms with E-state index in [4.69, 9.17) is 4.99 Å². The van der Waals surface area contributed by atoms with Crippen molar-refractivity contribution in [3.8, 4) is 0 Å². The second-order valence-corrected chi connectivity index (χ2v) is 8.29. The van der Waals surface area contributed by atoms with Crippen LogP contribution in [0, 0.1) is 0 Å². The number of rotatable bonds is 5. The van der Waals surface area contributed by atoms with E-state index < -0.39 is 0 Å². The van der Waals surface area contributed by atoms with Crippen LogP contribution in [0.4, 0.5) is 11.5 Å². The minimum atomic E-state index is 0.671. The number of anilines is 2. The zero-order valence-corrected chi connectivity index (χ0v) is 18.9. The Morgan fingerprint density at radius 3 is 2.35 bits per heavy atom. The molecule has 31 heavy (non-hydrogen) atoms. The lowest BCUT2D eigenvalue weighted by Crippen LogP contribution is -2.52. The number of benzene rings is 1. The Balaban J connectivity index is 1.38. The van der Waals surface area contributed by atoms with Gasteiger partial charge in [-0.2, -0.15) is 0 Å². The summed E-state index contributed by atoms with van der Waals surface area (Å²) in [6, 6.07) is 15.0. The Morgan fingerprint density at radius 1 is 0.935 bits per heavy atom. The van der Waals surface area contributed by atoms with Gasteiger partial charge in [0.2, 0.25) is 0 Å². The third-order valence-electron chi connectivity index (χ3n) is 6.08. The van der Waals surface area contributed by atoms with Crippen LogP contribution in [0.1, 0.15) is 12.5 Å². The molecule has 7 nitrogen and oxygen atoms in total. The van der Waals surface area contributed by atoms with Crippen molar-refractivity contribution in [1.82, 2.24) is 20.1 Å². The van der Waals surface area contributed by atoms with Crippen LogP contribution in [0.3, 0.4) is 0 Å². The monoisotopic (exact) mass is 421 g/mol. The second-order valence-electron chi connectivity index (χ2n) is 8.29. The van der Waals surface area contributed by atoms with E-state index in [9.17, 15) is 0 Å². The van der Waals surface area contributed by atoms with Gasteiger partial charge in [-0.1, -0.05) is 18.2 Å². The summed E-state index contributed by atoms with van der Waals surface area (Å²) in [5, 5.41) is 3.49. The summed E-state index contributed by atoms with van der Waals surface area (Å²) in [5.41, 5.74) is 2.51. The van der Waals surface area contributed by atoms with Crippen LogP contribution >= 0.6 is 0 Å². The van der Waals surface area contributed by atoms with Gasteiger partial charge in [-0.15, -0.1) is 0 Å². The summed E-state index contributed by atoms with van der Waals surface area (Å²) in [5.74, 6) is 2.08. The normalized spacial score (nSPS) is 18.4. The van der Waals surface area contributed by atoms with E-state index >= 15 is 0 Å². The maximum atomic E-state index is 4.96. The van der Waals surface area contributed by atoms with Gasteiger partial charge in [0.25, 0.3) is 0 Å². The molecule has 0 unspecified atom stereocenters. The number of likely N-dealkylation sites (N-methyl/N-ethyl adjacent to an activating group) is 1. The lowest BCUT2D eigenvalue weighted by molar-refractivity contribution is 0.312. The number of aliphatic imine (C=N–C) groups is 1. The van der Waals surface area contributed by atoms with E-state index in [0.29, 0.717) is 6.54 Å². The molecule has 2 aliphatic heterocycles. The fraction of sp³-hybridized carbons (Fsp3) is 0.500. The number of guanidine groups is 1. The summed E-state index contributed by atoms with van der Waals surface area (Å²) in [6.45, 7) is 11.9. The number of piperazine rings is 2. The SMILES string of the molecule is CCNC(=NCc1ccnc(N2CCN(C)CC2)c1)N1CCN(c2ccccc2)CC1. The molecule has 0 radical (unpaired) electrons. The molecular weight excluding hydrogens is 386 g/mol. The minimum Gasteiger partial charge on any atom is -0.368 e. The number of nitrogens with one attached hydrogen (secondary N) is 1. The van der Waals surface area contributed by atoms with Crippen molar-refractivity contribution >= 4 is 17.5 Å². The van der Waals surface area contributed by atoms with Crippen LogP contribution < -0.4 is 15.1 Å². The number of nitrogens with zero attached hydrogens (tertiary/aromatic N) is 6. The van der Waals surface area contributed by atoms with E-state index in [1.54, 1.807) is 0 Å². The zero-order chi connectivity index (χ0) is 21.5. The largest absolute Gasteiger partial charge is 0.368 e. The molecule has 4 rings (SSSR count). The van der Waals surface area contributed by atoms with E-state index in [2.05, 4.69) is 86.3 Å². The van der Waals surface area contributed by atoms with Crippen LogP contribution in [-0.4, -0.2) is 86.7 Å². The first-order chi connectivity index (χ1) is 15.2. The van der Waals surface area contributed by atoms with Gasteiger partial charge in [-0.25, -0.2) is 9.98 Å². The smallest absolute Gasteiger partial charge is 0.194 e. The molecule has 2 fully saturated rings. The third kappa shape index (κ3) is 5.67. The summed E-state index contributed by atoms with van der Waals surface area (Å²) < 4.78 is 0. The Kier molecular flexibility index (Phi) is 7.25. The average molecular weight is 422 g/mol. The van der Waals surface area contributed by atoms with Crippen molar-refractivity contribution in [1.29, 1.82) is 0 Å².